The predicted octanol–water partition coefficient (Wildman–Crippen LogP) is 3.99. The zero-order valence-corrected chi connectivity index (χ0v) is 19.3. The van der Waals surface area contributed by atoms with E-state index in [1.54, 1.807) is 0 Å². The summed E-state index contributed by atoms with van der Waals surface area (Å²) in [5, 5.41) is 15.5. The lowest BCUT2D eigenvalue weighted by Gasteiger charge is -2.24. The minimum absolute atomic E-state index is 0.592. The third-order valence-corrected chi connectivity index (χ3v) is 8.56. The van der Waals surface area contributed by atoms with Gasteiger partial charge in [0.1, 0.15) is 0 Å². The summed E-state index contributed by atoms with van der Waals surface area (Å²) < 4.78 is 0. The predicted molar refractivity (Wildman–Crippen MR) is 130 cm³/mol. The fourth-order valence-corrected chi connectivity index (χ4v) is 6.87. The van der Waals surface area contributed by atoms with Gasteiger partial charge in [-0.1, -0.05) is 37.1 Å². The van der Waals surface area contributed by atoms with E-state index in [-0.39, 0.29) is 0 Å². The van der Waals surface area contributed by atoms with Crippen molar-refractivity contribution in [2.24, 2.45) is 23.7 Å². The second-order valence-corrected chi connectivity index (χ2v) is 10.8. The molecule has 162 valence electrons. The van der Waals surface area contributed by atoms with Crippen LogP contribution in [-0.4, -0.2) is 22.3 Å². The average Bonchev–Trinajstić information content (AvgIpc) is 3.53. The largest absolute Gasteiger partial charge is 0.360 e. The van der Waals surface area contributed by atoms with Gasteiger partial charge in [-0.2, -0.15) is 0 Å². The van der Waals surface area contributed by atoms with Gasteiger partial charge in [0.25, 0.3) is 0 Å². The lowest BCUT2D eigenvalue weighted by Crippen LogP contribution is -2.44. The Morgan fingerprint density at radius 3 is 1.43 bits per heavy atom. The summed E-state index contributed by atoms with van der Waals surface area (Å²) in [4.78, 5) is 0. The fourth-order valence-electron chi connectivity index (χ4n) is 6.42. The van der Waals surface area contributed by atoms with E-state index >= 15 is 0 Å². The van der Waals surface area contributed by atoms with Crippen LogP contribution in [0.4, 0.5) is 0 Å². The molecule has 0 heterocycles. The van der Waals surface area contributed by atoms with Crippen molar-refractivity contribution >= 4 is 34.7 Å². The van der Waals surface area contributed by atoms with Gasteiger partial charge in [0.05, 0.1) is 0 Å². The number of hydrogen-bond acceptors (Lipinski definition) is 2. The highest BCUT2D eigenvalue weighted by Gasteiger charge is 2.40. The van der Waals surface area contributed by atoms with Gasteiger partial charge >= 0.3 is 0 Å². The average molecular weight is 443 g/mol. The summed E-state index contributed by atoms with van der Waals surface area (Å²) in [6.45, 7) is 1.54. The van der Waals surface area contributed by atoms with E-state index in [0.717, 1.165) is 47.0 Å². The summed E-state index contributed by atoms with van der Waals surface area (Å²) >= 11 is 11.1. The maximum Gasteiger partial charge on any atom is 0.166 e. The van der Waals surface area contributed by atoms with Gasteiger partial charge in [-0.15, -0.1) is 0 Å². The monoisotopic (exact) mass is 442 g/mol. The molecule has 0 aliphatic heterocycles. The number of benzene rings is 1. The second kappa shape index (κ2) is 8.99. The molecular weight excluding hydrogens is 408 g/mol. The van der Waals surface area contributed by atoms with Gasteiger partial charge < -0.3 is 21.3 Å². The number of thiocarbonyl (C=S) groups is 2. The molecule has 0 radical (unpaired) electrons. The summed E-state index contributed by atoms with van der Waals surface area (Å²) in [6.07, 6.45) is 11.0. The Kier molecular flexibility index (Phi) is 6.15. The van der Waals surface area contributed by atoms with E-state index in [1.165, 1.54) is 62.5 Å². The molecular formula is C24H34N4S2. The minimum atomic E-state index is 0.592. The molecule has 4 fully saturated rings. The van der Waals surface area contributed by atoms with Gasteiger partial charge in [0, 0.05) is 25.2 Å². The quantitative estimate of drug-likeness (QED) is 0.500. The molecule has 0 unspecified atom stereocenters. The molecule has 1 aromatic rings. The Labute approximate surface area is 191 Å². The first-order chi connectivity index (χ1) is 14.6. The van der Waals surface area contributed by atoms with Crippen molar-refractivity contribution in [3.05, 3.63) is 35.4 Å². The standard InChI is InChI=1S/C24H34N4S2/c29-23(27-21-11-17-5-7-19(21)9-17)25-13-15-1-2-16(4-3-15)14-26-24(30)28-22-12-18-6-8-20(22)10-18/h1-4,17-22H,5-14H2,(H2,25,27,29)(H2,26,28,30)/t17-,18-,19-,20-,21-,22+/m1/s1. The van der Waals surface area contributed by atoms with Gasteiger partial charge in [0.2, 0.25) is 0 Å². The summed E-state index contributed by atoms with van der Waals surface area (Å²) in [7, 11) is 0. The number of fused-ring (bicyclic) bond motifs is 4. The molecule has 0 amide bonds. The smallest absolute Gasteiger partial charge is 0.166 e. The maximum atomic E-state index is 5.53. The molecule has 4 bridgehead atoms. The van der Waals surface area contributed by atoms with Gasteiger partial charge in [-0.3, -0.25) is 0 Å². The Bertz CT molecular complexity index is 715. The van der Waals surface area contributed by atoms with Gasteiger partial charge in [0.15, 0.2) is 10.2 Å². The van der Waals surface area contributed by atoms with E-state index in [2.05, 4.69) is 45.5 Å². The van der Waals surface area contributed by atoms with Crippen LogP contribution in [0.2, 0.25) is 0 Å². The van der Waals surface area contributed by atoms with Crippen LogP contribution in [0.5, 0.6) is 0 Å². The van der Waals surface area contributed by atoms with Crippen molar-refractivity contribution < 1.29 is 0 Å². The minimum Gasteiger partial charge on any atom is -0.360 e. The molecule has 30 heavy (non-hydrogen) atoms. The van der Waals surface area contributed by atoms with Crippen LogP contribution >= 0.6 is 24.4 Å². The lowest BCUT2D eigenvalue weighted by molar-refractivity contribution is 0.389. The van der Waals surface area contributed by atoms with Crippen LogP contribution in [0.1, 0.15) is 62.5 Å². The third kappa shape index (κ3) is 4.75. The summed E-state index contributed by atoms with van der Waals surface area (Å²) in [5.41, 5.74) is 2.50. The second-order valence-electron chi connectivity index (χ2n) is 10.0. The topological polar surface area (TPSA) is 48.1 Å². The Balaban J connectivity index is 1.01. The number of nitrogens with one attached hydrogen (secondary N) is 4. The molecule has 4 aliphatic rings. The molecule has 0 saturated heterocycles. The number of rotatable bonds is 6. The molecule has 4 N–H and O–H groups in total. The highest BCUT2D eigenvalue weighted by molar-refractivity contribution is 7.80. The highest BCUT2D eigenvalue weighted by atomic mass is 32.1. The first kappa shape index (κ1) is 20.5. The molecule has 0 spiro atoms. The van der Waals surface area contributed by atoms with Crippen LogP contribution in [0.15, 0.2) is 24.3 Å². The van der Waals surface area contributed by atoms with E-state index < -0.39 is 0 Å². The van der Waals surface area contributed by atoms with Crippen molar-refractivity contribution in [2.45, 2.75) is 76.5 Å². The van der Waals surface area contributed by atoms with Crippen LogP contribution in [0, 0.1) is 23.7 Å². The fraction of sp³-hybridized carbons (Fsp3) is 0.667. The lowest BCUT2D eigenvalue weighted by atomic mass is 9.95. The van der Waals surface area contributed by atoms with E-state index in [1.807, 2.05) is 0 Å². The van der Waals surface area contributed by atoms with Gasteiger partial charge in [-0.25, -0.2) is 0 Å². The summed E-state index contributed by atoms with van der Waals surface area (Å²) in [6, 6.07) is 9.89. The molecule has 5 rings (SSSR count). The van der Waals surface area contributed by atoms with Crippen molar-refractivity contribution in [2.75, 3.05) is 0 Å². The first-order valence-corrected chi connectivity index (χ1v) is 12.6. The molecule has 6 heteroatoms. The molecule has 4 aliphatic carbocycles. The normalized spacial score (nSPS) is 33.5. The van der Waals surface area contributed by atoms with E-state index in [9.17, 15) is 0 Å². The molecule has 0 aromatic heterocycles. The zero-order valence-electron chi connectivity index (χ0n) is 17.7. The zero-order chi connectivity index (χ0) is 20.5. The van der Waals surface area contributed by atoms with Gasteiger partial charge in [-0.05, 0) is 97.8 Å². The van der Waals surface area contributed by atoms with Crippen molar-refractivity contribution in [3.63, 3.8) is 0 Å². The van der Waals surface area contributed by atoms with Crippen LogP contribution in [0.25, 0.3) is 0 Å². The van der Waals surface area contributed by atoms with Crippen LogP contribution in [0.3, 0.4) is 0 Å². The summed E-state index contributed by atoms with van der Waals surface area (Å²) in [5.74, 6) is 3.55. The highest BCUT2D eigenvalue weighted by Crippen LogP contribution is 2.45. The molecule has 4 nitrogen and oxygen atoms in total. The van der Waals surface area contributed by atoms with Crippen LogP contribution in [-0.2, 0) is 13.1 Å². The Morgan fingerprint density at radius 2 is 1.10 bits per heavy atom. The third-order valence-electron chi connectivity index (χ3n) is 8.04. The molecule has 4 saturated carbocycles. The Morgan fingerprint density at radius 1 is 0.667 bits per heavy atom. The van der Waals surface area contributed by atoms with Crippen molar-refractivity contribution in [1.82, 2.24) is 21.3 Å². The van der Waals surface area contributed by atoms with Crippen molar-refractivity contribution in [3.8, 4) is 0 Å². The molecule has 6 atom stereocenters. The first-order valence-electron chi connectivity index (χ1n) is 11.8. The SMILES string of the molecule is S=C(NCc1ccc(CNC(=S)N[C@@H]2C[C@@H]3CC[C@@H]2C3)cc1)N[C@H]1C[C@@H]2CC[C@@H]1C2. The molecule has 1 aromatic carbocycles. The number of hydrogen-bond donors (Lipinski definition) is 4. The Hall–Kier alpha value is -1.40. The van der Waals surface area contributed by atoms with E-state index in [0.29, 0.717) is 12.1 Å². The van der Waals surface area contributed by atoms with Crippen molar-refractivity contribution in [1.29, 1.82) is 0 Å². The van der Waals surface area contributed by atoms with E-state index in [4.69, 9.17) is 24.4 Å². The van der Waals surface area contributed by atoms with Crippen LogP contribution < -0.4 is 21.3 Å². The maximum absolute atomic E-state index is 5.53.